The third-order valence-electron chi connectivity index (χ3n) is 3.34. The Labute approximate surface area is 90.8 Å². The minimum Gasteiger partial charge on any atom is -0.504 e. The van der Waals surface area contributed by atoms with Crippen molar-refractivity contribution in [1.82, 2.24) is 0 Å². The van der Waals surface area contributed by atoms with Gasteiger partial charge in [0.05, 0.1) is 0 Å². The van der Waals surface area contributed by atoms with E-state index in [1.54, 1.807) is 13.8 Å². The van der Waals surface area contributed by atoms with Gasteiger partial charge in [0.2, 0.25) is 5.78 Å². The molecule has 0 aliphatic heterocycles. The van der Waals surface area contributed by atoms with E-state index >= 15 is 0 Å². The Morgan fingerprint density at radius 2 is 1.80 bits per heavy atom. The number of aliphatic hydroxyl groups is 2. The number of Topliss-reactive ketones (excluding diaryl/α,β-unsaturated/α-hetero) is 1. The molecule has 0 aromatic rings. The number of ketones is 1. The second-order valence-corrected chi connectivity index (χ2v) is 4.94. The molecule has 0 saturated carbocycles. The average Bonchev–Trinajstić information content (AvgIpc) is 2.13. The number of carbonyl (C=O) groups is 1. The van der Waals surface area contributed by atoms with Crippen LogP contribution in [-0.4, -0.2) is 21.6 Å². The Hall–Kier alpha value is -0.830. The van der Waals surface area contributed by atoms with Crippen molar-refractivity contribution in [2.75, 3.05) is 0 Å². The summed E-state index contributed by atoms with van der Waals surface area (Å²) in [6.45, 7) is 7.48. The molecule has 0 aromatic heterocycles. The van der Waals surface area contributed by atoms with Crippen molar-refractivity contribution in [3.05, 3.63) is 11.3 Å². The minimum absolute atomic E-state index is 0.158. The highest BCUT2D eigenvalue weighted by atomic mass is 16.3. The van der Waals surface area contributed by atoms with Gasteiger partial charge < -0.3 is 10.2 Å². The lowest BCUT2D eigenvalue weighted by atomic mass is 9.74. The van der Waals surface area contributed by atoms with Crippen LogP contribution in [0.5, 0.6) is 0 Å². The predicted molar refractivity (Wildman–Crippen MR) is 58.5 cm³/mol. The topological polar surface area (TPSA) is 57.5 Å². The van der Waals surface area contributed by atoms with Gasteiger partial charge in [-0.3, -0.25) is 4.79 Å². The fraction of sp³-hybridized carbons (Fsp3) is 0.750. The van der Waals surface area contributed by atoms with Gasteiger partial charge >= 0.3 is 0 Å². The van der Waals surface area contributed by atoms with Crippen molar-refractivity contribution in [2.24, 2.45) is 11.8 Å². The maximum atomic E-state index is 11.8. The molecule has 0 fully saturated rings. The van der Waals surface area contributed by atoms with E-state index in [-0.39, 0.29) is 17.6 Å². The molecule has 0 aromatic carbocycles. The first-order valence-corrected chi connectivity index (χ1v) is 5.50. The van der Waals surface area contributed by atoms with Crippen LogP contribution >= 0.6 is 0 Å². The Morgan fingerprint density at radius 3 is 2.20 bits per heavy atom. The average molecular weight is 212 g/mol. The molecule has 0 saturated heterocycles. The van der Waals surface area contributed by atoms with Crippen molar-refractivity contribution in [3.63, 3.8) is 0 Å². The van der Waals surface area contributed by atoms with Gasteiger partial charge in [0, 0.05) is 0 Å². The maximum Gasteiger partial charge on any atom is 0.228 e. The summed E-state index contributed by atoms with van der Waals surface area (Å²) in [4.78, 5) is 11.8. The Bertz CT molecular complexity index is 302. The molecule has 86 valence electrons. The molecule has 0 radical (unpaired) electrons. The van der Waals surface area contributed by atoms with E-state index in [1.807, 2.05) is 13.8 Å². The van der Waals surface area contributed by atoms with Gasteiger partial charge in [-0.05, 0) is 30.3 Å². The summed E-state index contributed by atoms with van der Waals surface area (Å²) in [5.74, 6) is -0.730. The molecular formula is C12H20O3. The van der Waals surface area contributed by atoms with Gasteiger partial charge in [-0.25, -0.2) is 0 Å². The van der Waals surface area contributed by atoms with Crippen molar-refractivity contribution in [3.8, 4) is 0 Å². The maximum absolute atomic E-state index is 11.8. The number of carbonyl (C=O) groups excluding carboxylic acids is 1. The molecule has 3 heteroatoms. The summed E-state index contributed by atoms with van der Waals surface area (Å²) in [5.41, 5.74) is -0.604. The lowest BCUT2D eigenvalue weighted by Crippen LogP contribution is -2.47. The van der Waals surface area contributed by atoms with Crippen LogP contribution in [0.25, 0.3) is 0 Å². The van der Waals surface area contributed by atoms with Crippen LogP contribution in [-0.2, 0) is 4.79 Å². The molecule has 1 rings (SSSR count). The third-order valence-corrected chi connectivity index (χ3v) is 3.34. The molecule has 2 N–H and O–H groups in total. The molecule has 0 spiro atoms. The SMILES string of the molecule is CC(C)C1=C(O)C(=O)C(O)(C(C)C)CC1. The van der Waals surface area contributed by atoms with Crippen molar-refractivity contribution >= 4 is 5.78 Å². The summed E-state index contributed by atoms with van der Waals surface area (Å²) in [6.07, 6.45) is 1.02. The first kappa shape index (κ1) is 12.2. The highest BCUT2D eigenvalue weighted by molar-refractivity contribution is 6.01. The number of aliphatic hydroxyl groups excluding tert-OH is 1. The summed E-state index contributed by atoms with van der Waals surface area (Å²) in [5, 5.41) is 19.9. The van der Waals surface area contributed by atoms with Gasteiger partial charge in [0.25, 0.3) is 0 Å². The van der Waals surface area contributed by atoms with Crippen LogP contribution in [0.4, 0.5) is 0 Å². The van der Waals surface area contributed by atoms with Gasteiger partial charge in [-0.1, -0.05) is 27.7 Å². The quantitative estimate of drug-likeness (QED) is 0.737. The molecule has 1 unspecified atom stereocenters. The van der Waals surface area contributed by atoms with Gasteiger partial charge in [-0.2, -0.15) is 0 Å². The van der Waals surface area contributed by atoms with Crippen LogP contribution < -0.4 is 0 Å². The standard InChI is InChI=1S/C12H20O3/c1-7(2)9-5-6-12(15,8(3)4)11(14)10(9)13/h7-8,13,15H,5-6H2,1-4H3. The predicted octanol–water partition coefficient (Wildman–Crippen LogP) is 2.20. The van der Waals surface area contributed by atoms with E-state index in [0.29, 0.717) is 12.8 Å². The van der Waals surface area contributed by atoms with Crippen LogP contribution in [0.3, 0.4) is 0 Å². The van der Waals surface area contributed by atoms with Crippen molar-refractivity contribution in [2.45, 2.75) is 46.1 Å². The number of hydrogen-bond acceptors (Lipinski definition) is 3. The monoisotopic (exact) mass is 212 g/mol. The molecule has 15 heavy (non-hydrogen) atoms. The van der Waals surface area contributed by atoms with Crippen molar-refractivity contribution in [1.29, 1.82) is 0 Å². The van der Waals surface area contributed by atoms with Crippen LogP contribution in [0.1, 0.15) is 40.5 Å². The highest BCUT2D eigenvalue weighted by Crippen LogP contribution is 2.36. The molecule has 3 nitrogen and oxygen atoms in total. The normalized spacial score (nSPS) is 28.1. The molecule has 1 atom stereocenters. The molecular weight excluding hydrogens is 192 g/mol. The third kappa shape index (κ3) is 1.93. The zero-order chi connectivity index (χ0) is 11.8. The van der Waals surface area contributed by atoms with Crippen molar-refractivity contribution < 1.29 is 15.0 Å². The summed E-state index contributed by atoms with van der Waals surface area (Å²) >= 11 is 0. The summed E-state index contributed by atoms with van der Waals surface area (Å²) < 4.78 is 0. The van der Waals surface area contributed by atoms with Gasteiger partial charge in [0.15, 0.2) is 5.76 Å². The van der Waals surface area contributed by atoms with Gasteiger partial charge in [-0.15, -0.1) is 0 Å². The van der Waals surface area contributed by atoms with Crippen LogP contribution in [0.15, 0.2) is 11.3 Å². The van der Waals surface area contributed by atoms with E-state index < -0.39 is 11.4 Å². The minimum atomic E-state index is -1.37. The smallest absolute Gasteiger partial charge is 0.228 e. The largest absolute Gasteiger partial charge is 0.504 e. The summed E-state index contributed by atoms with van der Waals surface area (Å²) in [6, 6.07) is 0. The first-order valence-electron chi connectivity index (χ1n) is 5.50. The molecule has 0 bridgehead atoms. The van der Waals surface area contributed by atoms with E-state index in [9.17, 15) is 15.0 Å². The van der Waals surface area contributed by atoms with E-state index in [2.05, 4.69) is 0 Å². The Balaban J connectivity index is 3.08. The van der Waals surface area contributed by atoms with E-state index in [1.165, 1.54) is 0 Å². The fourth-order valence-corrected chi connectivity index (χ4v) is 2.02. The summed E-state index contributed by atoms with van der Waals surface area (Å²) in [7, 11) is 0. The lowest BCUT2D eigenvalue weighted by molar-refractivity contribution is -0.143. The van der Waals surface area contributed by atoms with E-state index in [4.69, 9.17) is 0 Å². The second-order valence-electron chi connectivity index (χ2n) is 4.94. The van der Waals surface area contributed by atoms with Crippen LogP contribution in [0, 0.1) is 11.8 Å². The zero-order valence-corrected chi connectivity index (χ0v) is 9.87. The number of rotatable bonds is 2. The fourth-order valence-electron chi connectivity index (χ4n) is 2.02. The number of hydrogen-bond donors (Lipinski definition) is 2. The molecule has 0 heterocycles. The first-order chi connectivity index (χ1) is 6.80. The zero-order valence-electron chi connectivity index (χ0n) is 9.87. The molecule has 1 aliphatic carbocycles. The molecule has 1 aliphatic rings. The molecule has 0 amide bonds. The Morgan fingerprint density at radius 1 is 1.27 bits per heavy atom. The lowest BCUT2D eigenvalue weighted by Gasteiger charge is -2.35. The number of allylic oxidation sites excluding steroid dienone is 1. The highest BCUT2D eigenvalue weighted by Gasteiger charge is 2.44. The Kier molecular flexibility index (Phi) is 3.24. The second kappa shape index (κ2) is 3.97. The van der Waals surface area contributed by atoms with Crippen LogP contribution in [0.2, 0.25) is 0 Å². The van der Waals surface area contributed by atoms with E-state index in [0.717, 1.165) is 5.57 Å². The van der Waals surface area contributed by atoms with Gasteiger partial charge in [0.1, 0.15) is 5.60 Å².